The number of hydrogen-bond acceptors (Lipinski definition) is 5. The molecular formula is C24H41IN6O. The van der Waals surface area contributed by atoms with E-state index in [2.05, 4.69) is 37.0 Å². The Hall–Kier alpha value is -1.26. The van der Waals surface area contributed by atoms with Gasteiger partial charge in [-0.1, -0.05) is 18.6 Å². The van der Waals surface area contributed by atoms with E-state index in [-0.39, 0.29) is 29.5 Å². The van der Waals surface area contributed by atoms with Gasteiger partial charge in [-0.25, -0.2) is 0 Å². The van der Waals surface area contributed by atoms with Crippen molar-refractivity contribution in [1.29, 1.82) is 0 Å². The first-order valence-corrected chi connectivity index (χ1v) is 12.0. The van der Waals surface area contributed by atoms with Gasteiger partial charge in [-0.3, -0.25) is 9.89 Å². The minimum absolute atomic E-state index is 0. The van der Waals surface area contributed by atoms with Crippen LogP contribution in [0.1, 0.15) is 32.1 Å². The molecule has 0 aliphatic carbocycles. The van der Waals surface area contributed by atoms with Crippen molar-refractivity contribution in [2.45, 2.75) is 37.6 Å². The van der Waals surface area contributed by atoms with Gasteiger partial charge in [0.15, 0.2) is 5.96 Å². The van der Waals surface area contributed by atoms with Crippen molar-refractivity contribution in [2.24, 2.45) is 4.99 Å². The number of piperidine rings is 2. The summed E-state index contributed by atoms with van der Waals surface area (Å²) >= 11 is 0. The summed E-state index contributed by atoms with van der Waals surface area (Å²) in [5.74, 6) is 1.39. The van der Waals surface area contributed by atoms with Crippen molar-refractivity contribution >= 4 is 35.6 Å². The lowest BCUT2D eigenvalue weighted by Crippen LogP contribution is -2.63. The van der Waals surface area contributed by atoms with Crippen LogP contribution < -0.4 is 10.2 Å². The van der Waals surface area contributed by atoms with Gasteiger partial charge < -0.3 is 25.1 Å². The molecule has 0 unspecified atom stereocenters. The number of rotatable bonds is 4. The van der Waals surface area contributed by atoms with Crippen LogP contribution in [0, 0.1) is 0 Å². The van der Waals surface area contributed by atoms with E-state index in [1.54, 1.807) is 6.07 Å². The molecule has 0 saturated carbocycles. The van der Waals surface area contributed by atoms with E-state index in [0.717, 1.165) is 44.4 Å². The number of para-hydroxylation sites is 2. The molecule has 3 aliphatic heterocycles. The van der Waals surface area contributed by atoms with E-state index in [1.165, 1.54) is 58.3 Å². The van der Waals surface area contributed by atoms with Crippen molar-refractivity contribution in [3.8, 4) is 5.75 Å². The second-order valence-corrected chi connectivity index (χ2v) is 9.44. The van der Waals surface area contributed by atoms with E-state index >= 15 is 0 Å². The Morgan fingerprint density at radius 2 is 1.62 bits per heavy atom. The van der Waals surface area contributed by atoms with Gasteiger partial charge in [0.25, 0.3) is 0 Å². The second-order valence-electron chi connectivity index (χ2n) is 9.44. The molecular weight excluding hydrogens is 515 g/mol. The van der Waals surface area contributed by atoms with Crippen LogP contribution in [-0.4, -0.2) is 104 Å². The van der Waals surface area contributed by atoms with Gasteiger partial charge in [0.1, 0.15) is 5.75 Å². The van der Waals surface area contributed by atoms with Crippen LogP contribution in [0.15, 0.2) is 29.3 Å². The molecule has 3 saturated heterocycles. The fraction of sp³-hybridized carbons (Fsp3) is 0.708. The van der Waals surface area contributed by atoms with Gasteiger partial charge in [0, 0.05) is 45.3 Å². The van der Waals surface area contributed by atoms with Crippen LogP contribution in [0.3, 0.4) is 0 Å². The molecule has 0 amide bonds. The van der Waals surface area contributed by atoms with Crippen molar-refractivity contribution < 1.29 is 5.11 Å². The molecule has 7 nitrogen and oxygen atoms in total. The van der Waals surface area contributed by atoms with Crippen molar-refractivity contribution in [1.82, 2.24) is 20.0 Å². The molecule has 1 aromatic carbocycles. The summed E-state index contributed by atoms with van der Waals surface area (Å²) in [6, 6.07) is 7.63. The van der Waals surface area contributed by atoms with Crippen LogP contribution in [-0.2, 0) is 0 Å². The fourth-order valence-corrected chi connectivity index (χ4v) is 5.47. The molecule has 180 valence electrons. The number of nitrogens with one attached hydrogen (secondary N) is 1. The molecule has 0 radical (unpaired) electrons. The predicted octanol–water partition coefficient (Wildman–Crippen LogP) is 2.66. The molecule has 2 N–H and O–H groups in total. The first-order valence-electron chi connectivity index (χ1n) is 12.0. The Bertz CT molecular complexity index is 738. The first-order chi connectivity index (χ1) is 15.1. The molecule has 0 spiro atoms. The van der Waals surface area contributed by atoms with Gasteiger partial charge >= 0.3 is 0 Å². The molecule has 3 fully saturated rings. The molecule has 1 aromatic rings. The summed E-state index contributed by atoms with van der Waals surface area (Å²) < 4.78 is 0. The molecule has 4 rings (SSSR count). The average Bonchev–Trinajstić information content (AvgIpc) is 2.82. The number of benzene rings is 1. The Labute approximate surface area is 210 Å². The van der Waals surface area contributed by atoms with Crippen molar-refractivity contribution in [3.05, 3.63) is 24.3 Å². The summed E-state index contributed by atoms with van der Waals surface area (Å²) in [6.45, 7) is 9.41. The number of aliphatic imine (C=N–C) groups is 1. The minimum Gasteiger partial charge on any atom is -0.506 e. The third-order valence-electron chi connectivity index (χ3n) is 7.53. The summed E-state index contributed by atoms with van der Waals surface area (Å²) in [5.41, 5.74) is 1.18. The lowest BCUT2D eigenvalue weighted by Gasteiger charge is -2.50. The highest BCUT2D eigenvalue weighted by atomic mass is 127. The quantitative estimate of drug-likeness (QED) is 0.338. The number of hydrogen-bond donors (Lipinski definition) is 2. The van der Waals surface area contributed by atoms with Gasteiger partial charge in [-0.15, -0.1) is 24.0 Å². The van der Waals surface area contributed by atoms with Crippen LogP contribution in [0.4, 0.5) is 5.69 Å². The first kappa shape index (κ1) is 25.4. The van der Waals surface area contributed by atoms with E-state index in [9.17, 15) is 5.11 Å². The van der Waals surface area contributed by atoms with E-state index < -0.39 is 0 Å². The summed E-state index contributed by atoms with van der Waals surface area (Å²) in [6.07, 6.45) is 6.51. The van der Waals surface area contributed by atoms with Gasteiger partial charge in [0.05, 0.1) is 5.69 Å². The zero-order chi connectivity index (χ0) is 21.7. The Morgan fingerprint density at radius 3 is 2.25 bits per heavy atom. The Kier molecular flexibility index (Phi) is 9.31. The largest absolute Gasteiger partial charge is 0.506 e. The number of phenolic OH excluding ortho intramolecular Hbond substituents is 1. The van der Waals surface area contributed by atoms with Crippen LogP contribution in [0.25, 0.3) is 0 Å². The topological polar surface area (TPSA) is 57.6 Å². The highest BCUT2D eigenvalue weighted by Crippen LogP contribution is 2.31. The zero-order valence-electron chi connectivity index (χ0n) is 19.8. The molecule has 3 heterocycles. The Balaban J connectivity index is 0.00000289. The highest BCUT2D eigenvalue weighted by molar-refractivity contribution is 14.0. The number of aromatic hydroxyl groups is 1. The zero-order valence-corrected chi connectivity index (χ0v) is 22.1. The normalized spacial score (nSPS) is 23.0. The third-order valence-corrected chi connectivity index (χ3v) is 7.53. The monoisotopic (exact) mass is 556 g/mol. The number of halogens is 1. The average molecular weight is 557 g/mol. The van der Waals surface area contributed by atoms with Gasteiger partial charge in [0.2, 0.25) is 0 Å². The SMILES string of the molecule is CN=C(NCC1(N2CCCCC2)CCN(C)CC1)N1CCN(c2ccccc2O)CC1.I. The van der Waals surface area contributed by atoms with E-state index in [0.29, 0.717) is 5.75 Å². The van der Waals surface area contributed by atoms with Crippen LogP contribution >= 0.6 is 24.0 Å². The van der Waals surface area contributed by atoms with Gasteiger partial charge in [-0.05, 0) is 71.0 Å². The molecule has 0 atom stereocenters. The Morgan fingerprint density at radius 1 is 0.969 bits per heavy atom. The molecule has 3 aliphatic rings. The molecule has 0 bridgehead atoms. The summed E-state index contributed by atoms with van der Waals surface area (Å²) in [7, 11) is 4.15. The second kappa shape index (κ2) is 11.7. The number of nitrogens with zero attached hydrogens (tertiary/aromatic N) is 5. The minimum atomic E-state index is 0. The number of piperazine rings is 1. The fourth-order valence-electron chi connectivity index (χ4n) is 5.47. The van der Waals surface area contributed by atoms with E-state index in [1.807, 2.05) is 25.2 Å². The van der Waals surface area contributed by atoms with Crippen molar-refractivity contribution in [3.63, 3.8) is 0 Å². The smallest absolute Gasteiger partial charge is 0.193 e. The standard InChI is InChI=1S/C24H40N6O.HI/c1-25-23(29-18-16-28(17-19-29)21-8-4-5-9-22(21)31)26-20-24(10-14-27(2)15-11-24)30-12-6-3-7-13-30;/h4-5,8-9,31H,3,6-7,10-20H2,1-2H3,(H,25,26);1H. The van der Waals surface area contributed by atoms with Gasteiger partial charge in [-0.2, -0.15) is 0 Å². The molecule has 32 heavy (non-hydrogen) atoms. The number of anilines is 1. The molecule has 8 heteroatoms. The van der Waals surface area contributed by atoms with Crippen molar-refractivity contribution in [2.75, 3.05) is 77.9 Å². The lowest BCUT2D eigenvalue weighted by atomic mass is 9.84. The highest BCUT2D eigenvalue weighted by Gasteiger charge is 2.40. The van der Waals surface area contributed by atoms with Crippen LogP contribution in [0.5, 0.6) is 5.75 Å². The predicted molar refractivity (Wildman–Crippen MR) is 144 cm³/mol. The summed E-state index contributed by atoms with van der Waals surface area (Å²) in [5, 5.41) is 14.0. The number of guanidine groups is 1. The van der Waals surface area contributed by atoms with Crippen LogP contribution in [0.2, 0.25) is 0 Å². The van der Waals surface area contributed by atoms with E-state index in [4.69, 9.17) is 0 Å². The maximum absolute atomic E-state index is 10.2. The maximum Gasteiger partial charge on any atom is 0.193 e. The molecule has 0 aromatic heterocycles. The third kappa shape index (κ3) is 5.80. The summed E-state index contributed by atoms with van der Waals surface area (Å²) in [4.78, 5) is 14.5. The number of phenols is 1. The maximum atomic E-state index is 10.2. The number of likely N-dealkylation sites (tertiary alicyclic amines) is 2. The lowest BCUT2D eigenvalue weighted by molar-refractivity contribution is 0.0169.